The molecule has 0 spiro atoms. The molecule has 0 aliphatic heterocycles. The highest BCUT2D eigenvalue weighted by atomic mass is 35.5. The number of nitrogen functional groups attached to an aromatic ring is 1. The van der Waals surface area contributed by atoms with E-state index in [0.717, 1.165) is 0 Å². The maximum Gasteiger partial charge on any atom is 0.281 e. The van der Waals surface area contributed by atoms with Crippen LogP contribution in [0.5, 0.6) is 0 Å². The van der Waals surface area contributed by atoms with Gasteiger partial charge in [0.25, 0.3) is 6.43 Å². The molecule has 6 heteroatoms. The molecule has 0 fully saturated rings. The number of aromatic nitrogens is 1. The van der Waals surface area contributed by atoms with Crippen molar-refractivity contribution in [1.82, 2.24) is 4.98 Å². The van der Waals surface area contributed by atoms with Gasteiger partial charge in [0.15, 0.2) is 5.82 Å². The number of halogens is 4. The summed E-state index contributed by atoms with van der Waals surface area (Å²) in [7, 11) is 0. The van der Waals surface area contributed by atoms with E-state index in [-0.39, 0.29) is 0 Å². The third kappa shape index (κ3) is 1.45. The first-order valence-electron chi connectivity index (χ1n) is 2.91. The maximum atomic E-state index is 12.5. The minimum Gasteiger partial charge on any atom is -0.395 e. The molecule has 12 heavy (non-hydrogen) atoms. The molecule has 0 bridgehead atoms. The van der Waals surface area contributed by atoms with Gasteiger partial charge < -0.3 is 5.73 Å². The van der Waals surface area contributed by atoms with Gasteiger partial charge in [-0.2, -0.15) is 0 Å². The van der Waals surface area contributed by atoms with Crippen LogP contribution in [0.25, 0.3) is 0 Å². The van der Waals surface area contributed by atoms with Crippen LogP contribution in [0.3, 0.4) is 0 Å². The Kier molecular flexibility index (Phi) is 2.42. The Labute approximate surface area is 71.2 Å². The second-order valence-corrected chi connectivity index (χ2v) is 2.40. The normalized spacial score (nSPS) is 10.8. The molecule has 1 aromatic heterocycles. The SMILES string of the molecule is Nc1c(F)cnc(C(F)F)c1Cl. The van der Waals surface area contributed by atoms with Gasteiger partial charge in [0.1, 0.15) is 5.69 Å². The van der Waals surface area contributed by atoms with Crippen LogP contribution in [0, 0.1) is 5.82 Å². The Morgan fingerprint density at radius 2 is 2.08 bits per heavy atom. The molecule has 0 aromatic carbocycles. The second kappa shape index (κ2) is 3.18. The maximum absolute atomic E-state index is 12.5. The fourth-order valence-corrected chi connectivity index (χ4v) is 0.869. The molecule has 0 saturated carbocycles. The third-order valence-corrected chi connectivity index (χ3v) is 1.64. The smallest absolute Gasteiger partial charge is 0.281 e. The van der Waals surface area contributed by atoms with Crippen molar-refractivity contribution in [3.63, 3.8) is 0 Å². The molecule has 1 heterocycles. The highest BCUT2D eigenvalue weighted by molar-refractivity contribution is 6.33. The van der Waals surface area contributed by atoms with E-state index in [0.29, 0.717) is 6.20 Å². The summed E-state index contributed by atoms with van der Waals surface area (Å²) >= 11 is 5.29. The van der Waals surface area contributed by atoms with E-state index in [1.54, 1.807) is 0 Å². The molecule has 0 aliphatic rings. The number of hydrogen-bond acceptors (Lipinski definition) is 2. The van der Waals surface area contributed by atoms with Crippen LogP contribution in [-0.4, -0.2) is 4.98 Å². The van der Waals surface area contributed by atoms with E-state index in [1.165, 1.54) is 0 Å². The Morgan fingerprint density at radius 1 is 1.50 bits per heavy atom. The number of alkyl halides is 2. The summed E-state index contributed by atoms with van der Waals surface area (Å²) in [6.07, 6.45) is -2.23. The van der Waals surface area contributed by atoms with Gasteiger partial charge in [-0.1, -0.05) is 11.6 Å². The lowest BCUT2D eigenvalue weighted by Crippen LogP contribution is -1.99. The lowest BCUT2D eigenvalue weighted by molar-refractivity contribution is 0.146. The van der Waals surface area contributed by atoms with Crippen molar-refractivity contribution in [3.8, 4) is 0 Å². The van der Waals surface area contributed by atoms with Crippen molar-refractivity contribution in [2.24, 2.45) is 0 Å². The number of nitrogens with zero attached hydrogens (tertiary/aromatic N) is 1. The van der Waals surface area contributed by atoms with Crippen LogP contribution in [0.2, 0.25) is 5.02 Å². The van der Waals surface area contributed by atoms with Crippen molar-refractivity contribution in [3.05, 3.63) is 22.7 Å². The van der Waals surface area contributed by atoms with Gasteiger partial charge in [-0.15, -0.1) is 0 Å². The highest BCUT2D eigenvalue weighted by Crippen LogP contribution is 2.30. The molecule has 1 rings (SSSR count). The largest absolute Gasteiger partial charge is 0.395 e. The Hall–Kier alpha value is -0.970. The minimum absolute atomic E-state index is 0.498. The molecular weight excluding hydrogens is 193 g/mol. The molecular formula is C6H4ClF3N2. The Morgan fingerprint density at radius 3 is 2.58 bits per heavy atom. The van der Waals surface area contributed by atoms with Crippen molar-refractivity contribution in [1.29, 1.82) is 0 Å². The zero-order valence-corrected chi connectivity index (χ0v) is 6.45. The number of anilines is 1. The number of nitrogens with two attached hydrogens (primary N) is 1. The van der Waals surface area contributed by atoms with Crippen molar-refractivity contribution in [2.45, 2.75) is 6.43 Å². The number of hydrogen-bond donors (Lipinski definition) is 1. The van der Waals surface area contributed by atoms with Crippen molar-refractivity contribution < 1.29 is 13.2 Å². The number of pyridine rings is 1. The van der Waals surface area contributed by atoms with Gasteiger partial charge >= 0.3 is 0 Å². The van der Waals surface area contributed by atoms with E-state index in [2.05, 4.69) is 4.98 Å². The lowest BCUT2D eigenvalue weighted by Gasteiger charge is -2.04. The summed E-state index contributed by atoms with van der Waals surface area (Å²) in [6, 6.07) is 0. The zero-order valence-electron chi connectivity index (χ0n) is 5.69. The first-order chi connectivity index (χ1) is 5.54. The van der Waals surface area contributed by atoms with Gasteiger partial charge in [0.2, 0.25) is 0 Å². The van der Waals surface area contributed by atoms with E-state index in [4.69, 9.17) is 17.3 Å². The quantitative estimate of drug-likeness (QED) is 0.749. The van der Waals surface area contributed by atoms with E-state index in [1.807, 2.05) is 0 Å². The molecule has 2 N–H and O–H groups in total. The van der Waals surface area contributed by atoms with E-state index < -0.39 is 28.6 Å². The molecule has 0 aliphatic carbocycles. The standard InChI is InChI=1S/C6H4ClF3N2/c7-3-4(11)2(8)1-12-5(3)6(9)10/h1,6H,(H2,11,12). The fraction of sp³-hybridized carbons (Fsp3) is 0.167. The average Bonchev–Trinajstić information content (AvgIpc) is 2.00. The minimum atomic E-state index is -2.85. The summed E-state index contributed by atoms with van der Waals surface area (Å²) in [5.74, 6) is -0.899. The molecule has 0 amide bonds. The summed E-state index contributed by atoms with van der Waals surface area (Å²) in [5, 5.41) is -0.523. The van der Waals surface area contributed by atoms with Crippen molar-refractivity contribution >= 4 is 17.3 Å². The van der Waals surface area contributed by atoms with Crippen LogP contribution < -0.4 is 5.73 Å². The van der Waals surface area contributed by atoms with E-state index in [9.17, 15) is 13.2 Å². The molecule has 1 aromatic rings. The predicted octanol–water partition coefficient (Wildman–Crippen LogP) is 2.39. The van der Waals surface area contributed by atoms with Crippen LogP contribution in [0.4, 0.5) is 18.9 Å². The van der Waals surface area contributed by atoms with Crippen molar-refractivity contribution in [2.75, 3.05) is 5.73 Å². The van der Waals surface area contributed by atoms with Gasteiger partial charge in [-0.05, 0) is 0 Å². The molecule has 0 atom stereocenters. The average molecular weight is 197 g/mol. The first kappa shape index (κ1) is 9.12. The van der Waals surface area contributed by atoms with Crippen LogP contribution in [-0.2, 0) is 0 Å². The summed E-state index contributed by atoms with van der Waals surface area (Å²) < 4.78 is 36.5. The summed E-state index contributed by atoms with van der Waals surface area (Å²) in [5.41, 5.74) is 3.84. The Bertz CT molecular complexity index is 303. The van der Waals surface area contributed by atoms with Gasteiger partial charge in [0, 0.05) is 0 Å². The highest BCUT2D eigenvalue weighted by Gasteiger charge is 2.17. The molecule has 0 saturated heterocycles. The molecule has 66 valence electrons. The monoisotopic (exact) mass is 196 g/mol. The number of rotatable bonds is 1. The molecule has 0 unspecified atom stereocenters. The molecule has 2 nitrogen and oxygen atoms in total. The van der Waals surface area contributed by atoms with Gasteiger partial charge in [0.05, 0.1) is 16.9 Å². The fourth-order valence-electron chi connectivity index (χ4n) is 0.647. The second-order valence-electron chi connectivity index (χ2n) is 2.02. The predicted molar refractivity (Wildman–Crippen MR) is 38.6 cm³/mol. The Balaban J connectivity index is 3.27. The van der Waals surface area contributed by atoms with Gasteiger partial charge in [-0.3, -0.25) is 4.98 Å². The summed E-state index contributed by atoms with van der Waals surface area (Å²) in [4.78, 5) is 3.10. The van der Waals surface area contributed by atoms with Crippen LogP contribution in [0.1, 0.15) is 12.1 Å². The van der Waals surface area contributed by atoms with Gasteiger partial charge in [-0.25, -0.2) is 13.2 Å². The topological polar surface area (TPSA) is 38.9 Å². The van der Waals surface area contributed by atoms with Crippen LogP contribution in [0.15, 0.2) is 6.20 Å². The zero-order chi connectivity index (χ0) is 9.30. The molecule has 0 radical (unpaired) electrons. The first-order valence-corrected chi connectivity index (χ1v) is 3.29. The third-order valence-electron chi connectivity index (χ3n) is 1.24. The van der Waals surface area contributed by atoms with Crippen LogP contribution >= 0.6 is 11.6 Å². The van der Waals surface area contributed by atoms with E-state index >= 15 is 0 Å². The lowest BCUT2D eigenvalue weighted by atomic mass is 10.3. The summed E-state index contributed by atoms with van der Waals surface area (Å²) in [6.45, 7) is 0.